The quantitative estimate of drug-likeness (QED) is 0.610. The Bertz CT molecular complexity index is 632. The summed E-state index contributed by atoms with van der Waals surface area (Å²) in [7, 11) is 0. The van der Waals surface area contributed by atoms with Crippen LogP contribution in [-0.2, 0) is 0 Å². The highest BCUT2D eigenvalue weighted by Crippen LogP contribution is 2.24. The van der Waals surface area contributed by atoms with E-state index in [1.807, 2.05) is 0 Å². The van der Waals surface area contributed by atoms with Crippen LogP contribution in [-0.4, -0.2) is 36.1 Å². The molecule has 3 nitrogen and oxygen atoms in total. The van der Waals surface area contributed by atoms with Crippen molar-refractivity contribution in [2.24, 2.45) is 0 Å². The first kappa shape index (κ1) is 18.7. The number of hydrogen-bond donors (Lipinski definition) is 1. The topological polar surface area (TPSA) is 28.2 Å². The van der Waals surface area contributed by atoms with Crippen LogP contribution in [0.4, 0.5) is 5.69 Å². The maximum absolute atomic E-state index is 4.72. The number of pyridine rings is 1. The van der Waals surface area contributed by atoms with E-state index < -0.39 is 0 Å². The van der Waals surface area contributed by atoms with E-state index in [1.165, 1.54) is 62.0 Å². The molecule has 3 heteroatoms. The molecule has 2 aromatic rings. The highest BCUT2D eigenvalue weighted by atomic mass is 15.1. The number of fused-ring (bicyclic) bond motifs is 1. The van der Waals surface area contributed by atoms with E-state index in [1.54, 1.807) is 0 Å². The van der Waals surface area contributed by atoms with Crippen LogP contribution in [0.2, 0.25) is 0 Å². The van der Waals surface area contributed by atoms with E-state index in [0.717, 1.165) is 17.8 Å². The first-order chi connectivity index (χ1) is 11.6. The number of benzene rings is 1. The van der Waals surface area contributed by atoms with Gasteiger partial charge in [0.1, 0.15) is 0 Å². The van der Waals surface area contributed by atoms with Crippen LogP contribution >= 0.6 is 0 Å². The minimum atomic E-state index is 1.03. The molecule has 0 bridgehead atoms. The Balaban J connectivity index is 1.78. The first-order valence-electron chi connectivity index (χ1n) is 9.48. The predicted octanol–water partition coefficient (Wildman–Crippen LogP) is 5.17. The van der Waals surface area contributed by atoms with E-state index in [0.29, 0.717) is 0 Å². The Morgan fingerprint density at radius 2 is 1.71 bits per heavy atom. The van der Waals surface area contributed by atoms with Gasteiger partial charge in [-0.15, -0.1) is 0 Å². The van der Waals surface area contributed by atoms with Gasteiger partial charge in [0.25, 0.3) is 0 Å². The van der Waals surface area contributed by atoms with Crippen molar-refractivity contribution in [1.82, 2.24) is 9.88 Å². The lowest BCUT2D eigenvalue weighted by Gasteiger charge is -2.17. The van der Waals surface area contributed by atoms with Crippen LogP contribution in [0.1, 0.15) is 50.8 Å². The average molecular weight is 328 g/mol. The van der Waals surface area contributed by atoms with E-state index in [-0.39, 0.29) is 0 Å². The lowest BCUT2D eigenvalue weighted by molar-refractivity contribution is 0.295. The fraction of sp³-hybridized carbons (Fsp3) is 0.571. The molecule has 0 unspecified atom stereocenters. The molecule has 1 aromatic carbocycles. The fourth-order valence-electron chi connectivity index (χ4n) is 3.19. The highest BCUT2D eigenvalue weighted by molar-refractivity contribution is 5.91. The third-order valence-electron chi connectivity index (χ3n) is 4.69. The molecular formula is C21H33N3. The molecule has 24 heavy (non-hydrogen) atoms. The minimum absolute atomic E-state index is 1.03. The smallest absolute Gasteiger partial charge is 0.0936 e. The van der Waals surface area contributed by atoms with Gasteiger partial charge in [-0.05, 0) is 70.1 Å². The predicted molar refractivity (Wildman–Crippen MR) is 106 cm³/mol. The summed E-state index contributed by atoms with van der Waals surface area (Å²) in [6.07, 6.45) is 5.16. The number of aromatic nitrogens is 1. The van der Waals surface area contributed by atoms with E-state index >= 15 is 0 Å². The van der Waals surface area contributed by atoms with Gasteiger partial charge in [-0.2, -0.15) is 0 Å². The van der Waals surface area contributed by atoms with Crippen molar-refractivity contribution in [3.05, 3.63) is 35.5 Å². The van der Waals surface area contributed by atoms with Crippen molar-refractivity contribution >= 4 is 16.6 Å². The summed E-state index contributed by atoms with van der Waals surface area (Å²) in [5.74, 6) is 0. The maximum atomic E-state index is 4.72. The van der Waals surface area contributed by atoms with Gasteiger partial charge in [-0.3, -0.25) is 4.98 Å². The Kier molecular flexibility index (Phi) is 7.51. The lowest BCUT2D eigenvalue weighted by Crippen LogP contribution is -2.23. The zero-order valence-corrected chi connectivity index (χ0v) is 15.9. The van der Waals surface area contributed by atoms with Gasteiger partial charge in [-0.1, -0.05) is 32.8 Å². The van der Waals surface area contributed by atoms with Crippen LogP contribution in [0.5, 0.6) is 0 Å². The Morgan fingerprint density at radius 3 is 2.46 bits per heavy atom. The lowest BCUT2D eigenvalue weighted by atomic mass is 10.1. The van der Waals surface area contributed by atoms with Gasteiger partial charge in [0.15, 0.2) is 0 Å². The average Bonchev–Trinajstić information content (AvgIpc) is 2.58. The first-order valence-corrected chi connectivity index (χ1v) is 9.48. The van der Waals surface area contributed by atoms with Crippen molar-refractivity contribution in [1.29, 1.82) is 0 Å². The number of nitrogens with zero attached hydrogens (tertiary/aromatic N) is 2. The largest absolute Gasteiger partial charge is 0.383 e. The summed E-state index contributed by atoms with van der Waals surface area (Å²) in [6.45, 7) is 13.3. The van der Waals surface area contributed by atoms with Crippen LogP contribution in [0.3, 0.4) is 0 Å². The van der Waals surface area contributed by atoms with Gasteiger partial charge in [0.05, 0.1) is 11.2 Å². The summed E-state index contributed by atoms with van der Waals surface area (Å²) < 4.78 is 0. The molecule has 0 aliphatic carbocycles. The molecule has 0 aliphatic rings. The number of aryl methyl sites for hydroxylation is 2. The van der Waals surface area contributed by atoms with E-state index in [9.17, 15) is 0 Å². The second kappa shape index (κ2) is 9.63. The molecule has 0 saturated heterocycles. The Hall–Kier alpha value is -1.61. The van der Waals surface area contributed by atoms with Crippen LogP contribution in [0.25, 0.3) is 10.9 Å². The van der Waals surface area contributed by atoms with Crippen molar-refractivity contribution in [3.8, 4) is 0 Å². The number of unbranched alkanes of at least 4 members (excludes halogenated alkanes) is 3. The van der Waals surface area contributed by atoms with Gasteiger partial charge in [0.2, 0.25) is 0 Å². The second-order valence-corrected chi connectivity index (χ2v) is 6.70. The molecule has 0 atom stereocenters. The van der Waals surface area contributed by atoms with Gasteiger partial charge < -0.3 is 10.2 Å². The normalized spacial score (nSPS) is 11.4. The molecule has 132 valence electrons. The van der Waals surface area contributed by atoms with Crippen LogP contribution in [0.15, 0.2) is 24.3 Å². The summed E-state index contributed by atoms with van der Waals surface area (Å²) in [4.78, 5) is 7.22. The van der Waals surface area contributed by atoms with Crippen molar-refractivity contribution in [2.75, 3.05) is 31.5 Å². The van der Waals surface area contributed by atoms with Crippen molar-refractivity contribution in [2.45, 2.75) is 53.4 Å². The van der Waals surface area contributed by atoms with Gasteiger partial charge in [0, 0.05) is 17.6 Å². The zero-order valence-electron chi connectivity index (χ0n) is 15.9. The molecule has 0 saturated carbocycles. The maximum Gasteiger partial charge on any atom is 0.0936 e. The standard InChI is InChI=1S/C21H33N3/c1-5-24(6-2)14-10-8-7-9-13-22-20-16-17(3)15-19-12-11-18(4)23-21(19)20/h11-12,15-16,22H,5-10,13-14H2,1-4H3. The molecule has 0 spiro atoms. The van der Waals surface area contributed by atoms with Crippen molar-refractivity contribution < 1.29 is 0 Å². The number of nitrogens with one attached hydrogen (secondary N) is 1. The Morgan fingerprint density at radius 1 is 0.958 bits per heavy atom. The fourth-order valence-corrected chi connectivity index (χ4v) is 3.19. The molecule has 2 rings (SSSR count). The number of rotatable bonds is 10. The SMILES string of the molecule is CCN(CC)CCCCCCNc1cc(C)cc2ccc(C)nc12. The molecule has 1 N–H and O–H groups in total. The monoisotopic (exact) mass is 327 g/mol. The second-order valence-electron chi connectivity index (χ2n) is 6.70. The summed E-state index contributed by atoms with van der Waals surface area (Å²) >= 11 is 0. The molecule has 0 aliphatic heterocycles. The third kappa shape index (κ3) is 5.48. The molecule has 1 heterocycles. The molecule has 0 amide bonds. The number of anilines is 1. The molecule has 0 fully saturated rings. The number of hydrogen-bond acceptors (Lipinski definition) is 3. The summed E-state index contributed by atoms with van der Waals surface area (Å²) in [5, 5.41) is 4.83. The van der Waals surface area contributed by atoms with Gasteiger partial charge >= 0.3 is 0 Å². The zero-order chi connectivity index (χ0) is 17.4. The van der Waals surface area contributed by atoms with Crippen LogP contribution in [0, 0.1) is 13.8 Å². The molecule has 1 aromatic heterocycles. The summed E-state index contributed by atoms with van der Waals surface area (Å²) in [6, 6.07) is 8.68. The molecular weight excluding hydrogens is 294 g/mol. The highest BCUT2D eigenvalue weighted by Gasteiger charge is 2.04. The van der Waals surface area contributed by atoms with E-state index in [4.69, 9.17) is 4.98 Å². The van der Waals surface area contributed by atoms with Crippen molar-refractivity contribution in [3.63, 3.8) is 0 Å². The minimum Gasteiger partial charge on any atom is -0.383 e. The Labute approximate surface area is 147 Å². The molecule has 0 radical (unpaired) electrons. The van der Waals surface area contributed by atoms with Crippen LogP contribution < -0.4 is 5.32 Å². The van der Waals surface area contributed by atoms with Gasteiger partial charge in [-0.25, -0.2) is 0 Å². The summed E-state index contributed by atoms with van der Waals surface area (Å²) in [5.41, 5.74) is 4.64. The third-order valence-corrected chi connectivity index (χ3v) is 4.69. The van der Waals surface area contributed by atoms with E-state index in [2.05, 4.69) is 62.2 Å².